The van der Waals surface area contributed by atoms with Crippen LogP contribution in [0.15, 0.2) is 29.3 Å². The minimum absolute atomic E-state index is 0.217. The summed E-state index contributed by atoms with van der Waals surface area (Å²) in [5.41, 5.74) is 2.09. The van der Waals surface area contributed by atoms with E-state index >= 15 is 0 Å². The Morgan fingerprint density at radius 2 is 1.82 bits per heavy atom. The first-order chi connectivity index (χ1) is 13.3. The molecule has 1 heterocycles. The first-order valence-corrected chi connectivity index (χ1v) is 9.98. The lowest BCUT2D eigenvalue weighted by Gasteiger charge is -2.35. The fraction of sp³-hybridized carbons (Fsp3) is 0.619. The van der Waals surface area contributed by atoms with Gasteiger partial charge < -0.3 is 20.3 Å². The predicted molar refractivity (Wildman–Crippen MR) is 114 cm³/mol. The first kappa shape index (κ1) is 22.0. The number of hydrogen-bond donors (Lipinski definition) is 2. The molecule has 0 spiro atoms. The molecule has 1 saturated heterocycles. The zero-order valence-corrected chi connectivity index (χ0v) is 17.9. The van der Waals surface area contributed by atoms with Gasteiger partial charge in [0.1, 0.15) is 5.60 Å². The molecular weight excluding hydrogens is 354 g/mol. The number of benzene rings is 1. The lowest BCUT2D eigenvalue weighted by atomic mass is 10.1. The van der Waals surface area contributed by atoms with E-state index in [1.165, 1.54) is 11.1 Å². The Morgan fingerprint density at radius 3 is 2.43 bits per heavy atom. The van der Waals surface area contributed by atoms with Crippen molar-refractivity contribution in [3.63, 3.8) is 0 Å². The Bertz CT molecular complexity index is 661. The van der Waals surface area contributed by atoms with Crippen molar-refractivity contribution in [1.29, 1.82) is 0 Å². The summed E-state index contributed by atoms with van der Waals surface area (Å²) in [5.74, 6) is 0.802. The number of rotatable bonds is 5. The second kappa shape index (κ2) is 10.3. The van der Waals surface area contributed by atoms with Crippen molar-refractivity contribution in [3.05, 3.63) is 35.4 Å². The van der Waals surface area contributed by atoms with E-state index in [0.717, 1.165) is 38.7 Å². The number of ether oxygens (including phenoxy) is 1. The smallest absolute Gasteiger partial charge is 0.410 e. The van der Waals surface area contributed by atoms with E-state index in [1.807, 2.05) is 20.8 Å². The third-order valence-electron chi connectivity index (χ3n) is 4.68. The largest absolute Gasteiger partial charge is 0.444 e. The standard InChI is InChI=1S/C21H35N5O2/c1-17-8-6-7-9-18(17)16-24-19(22-5)23-10-11-25-12-14-26(15-13-25)20(27)28-21(2,3)4/h6-9H,10-16H2,1-5H3,(H2,22,23,24). The zero-order valence-electron chi connectivity index (χ0n) is 17.9. The number of carbonyl (C=O) groups excluding carboxylic acids is 1. The maximum Gasteiger partial charge on any atom is 0.410 e. The highest BCUT2D eigenvalue weighted by atomic mass is 16.6. The van der Waals surface area contributed by atoms with E-state index < -0.39 is 5.60 Å². The summed E-state index contributed by atoms with van der Waals surface area (Å²) < 4.78 is 5.44. The molecule has 2 rings (SSSR count). The van der Waals surface area contributed by atoms with Crippen LogP contribution in [0.25, 0.3) is 0 Å². The van der Waals surface area contributed by atoms with Gasteiger partial charge >= 0.3 is 6.09 Å². The molecule has 2 N–H and O–H groups in total. The molecule has 0 atom stereocenters. The van der Waals surface area contributed by atoms with Gasteiger partial charge in [0, 0.05) is 52.9 Å². The molecule has 0 bridgehead atoms. The molecule has 7 nitrogen and oxygen atoms in total. The third kappa shape index (κ3) is 7.38. The number of amides is 1. The van der Waals surface area contributed by atoms with Crippen molar-refractivity contribution in [3.8, 4) is 0 Å². The summed E-state index contributed by atoms with van der Waals surface area (Å²) in [6.07, 6.45) is -0.217. The molecule has 1 aliphatic rings. The van der Waals surface area contributed by atoms with Crippen molar-refractivity contribution in [2.75, 3.05) is 46.3 Å². The van der Waals surface area contributed by atoms with E-state index in [1.54, 1.807) is 11.9 Å². The average Bonchev–Trinajstić information content (AvgIpc) is 2.65. The van der Waals surface area contributed by atoms with Crippen LogP contribution in [0.2, 0.25) is 0 Å². The van der Waals surface area contributed by atoms with Gasteiger partial charge in [0.2, 0.25) is 0 Å². The van der Waals surface area contributed by atoms with Gasteiger partial charge in [-0.05, 0) is 38.8 Å². The monoisotopic (exact) mass is 389 g/mol. The average molecular weight is 390 g/mol. The second-order valence-electron chi connectivity index (χ2n) is 8.09. The van der Waals surface area contributed by atoms with Gasteiger partial charge in [0.15, 0.2) is 5.96 Å². The van der Waals surface area contributed by atoms with Crippen molar-refractivity contribution < 1.29 is 9.53 Å². The SMILES string of the molecule is CN=C(NCCN1CCN(C(=O)OC(C)(C)C)CC1)NCc1ccccc1C. The van der Waals surface area contributed by atoms with Crippen LogP contribution >= 0.6 is 0 Å². The van der Waals surface area contributed by atoms with Gasteiger partial charge in [0.05, 0.1) is 0 Å². The Balaban J connectivity index is 1.66. The molecule has 1 aromatic rings. The van der Waals surface area contributed by atoms with E-state index in [4.69, 9.17) is 4.74 Å². The van der Waals surface area contributed by atoms with Gasteiger partial charge in [-0.2, -0.15) is 0 Å². The van der Waals surface area contributed by atoms with E-state index in [-0.39, 0.29) is 6.09 Å². The number of nitrogens with one attached hydrogen (secondary N) is 2. The molecule has 0 aromatic heterocycles. The van der Waals surface area contributed by atoms with Crippen LogP contribution < -0.4 is 10.6 Å². The lowest BCUT2D eigenvalue weighted by molar-refractivity contribution is 0.0147. The van der Waals surface area contributed by atoms with E-state index in [2.05, 4.69) is 51.7 Å². The zero-order chi connectivity index (χ0) is 20.6. The summed E-state index contributed by atoms with van der Waals surface area (Å²) in [4.78, 5) is 20.6. The lowest BCUT2D eigenvalue weighted by Crippen LogP contribution is -2.51. The van der Waals surface area contributed by atoms with E-state index in [9.17, 15) is 4.79 Å². The fourth-order valence-corrected chi connectivity index (χ4v) is 3.02. The molecule has 0 radical (unpaired) electrons. The van der Waals surface area contributed by atoms with Gasteiger partial charge in [-0.1, -0.05) is 24.3 Å². The van der Waals surface area contributed by atoms with Gasteiger partial charge in [-0.3, -0.25) is 9.89 Å². The number of guanidine groups is 1. The summed E-state index contributed by atoms with van der Waals surface area (Å²) in [5, 5.41) is 6.72. The Kier molecular flexibility index (Phi) is 8.11. The highest BCUT2D eigenvalue weighted by molar-refractivity contribution is 5.79. The number of hydrogen-bond acceptors (Lipinski definition) is 4. The van der Waals surface area contributed by atoms with Crippen LogP contribution in [0, 0.1) is 6.92 Å². The minimum Gasteiger partial charge on any atom is -0.444 e. The number of nitrogens with zero attached hydrogens (tertiary/aromatic N) is 3. The van der Waals surface area contributed by atoms with Crippen molar-refractivity contribution >= 4 is 12.1 Å². The summed E-state index contributed by atoms with van der Waals surface area (Å²) in [6, 6.07) is 8.34. The van der Waals surface area contributed by atoms with Crippen LogP contribution in [0.4, 0.5) is 4.79 Å². The van der Waals surface area contributed by atoms with Crippen molar-refractivity contribution in [2.24, 2.45) is 4.99 Å². The molecule has 0 unspecified atom stereocenters. The normalized spacial score (nSPS) is 16.0. The van der Waals surface area contributed by atoms with Crippen LogP contribution in [0.5, 0.6) is 0 Å². The van der Waals surface area contributed by atoms with Crippen molar-refractivity contribution in [1.82, 2.24) is 20.4 Å². The number of aryl methyl sites for hydroxylation is 1. The third-order valence-corrected chi connectivity index (χ3v) is 4.68. The molecule has 1 aliphatic heterocycles. The minimum atomic E-state index is -0.445. The number of carbonyl (C=O) groups is 1. The molecule has 28 heavy (non-hydrogen) atoms. The number of aliphatic imine (C=N–C) groups is 1. The Labute approximate surface area is 169 Å². The molecule has 0 saturated carbocycles. The molecule has 1 amide bonds. The summed E-state index contributed by atoms with van der Waals surface area (Å²) in [7, 11) is 1.78. The van der Waals surface area contributed by atoms with Crippen LogP contribution in [0.3, 0.4) is 0 Å². The van der Waals surface area contributed by atoms with Gasteiger partial charge in [0.25, 0.3) is 0 Å². The van der Waals surface area contributed by atoms with Crippen molar-refractivity contribution in [2.45, 2.75) is 39.8 Å². The molecular formula is C21H35N5O2. The number of piperazine rings is 1. The molecule has 1 fully saturated rings. The Hall–Kier alpha value is -2.28. The molecule has 1 aromatic carbocycles. The molecule has 156 valence electrons. The van der Waals surface area contributed by atoms with Gasteiger partial charge in [-0.25, -0.2) is 4.79 Å². The fourth-order valence-electron chi connectivity index (χ4n) is 3.02. The second-order valence-corrected chi connectivity index (χ2v) is 8.09. The van der Waals surface area contributed by atoms with Crippen LogP contribution in [0.1, 0.15) is 31.9 Å². The quantitative estimate of drug-likeness (QED) is 0.597. The predicted octanol–water partition coefficient (Wildman–Crippen LogP) is 2.21. The van der Waals surface area contributed by atoms with Crippen LogP contribution in [-0.4, -0.2) is 73.8 Å². The maximum atomic E-state index is 12.1. The van der Waals surface area contributed by atoms with E-state index in [0.29, 0.717) is 13.1 Å². The molecule has 0 aliphatic carbocycles. The summed E-state index contributed by atoms with van der Waals surface area (Å²) in [6.45, 7) is 13.4. The topological polar surface area (TPSA) is 69.2 Å². The molecule has 7 heteroatoms. The maximum absolute atomic E-state index is 12.1. The highest BCUT2D eigenvalue weighted by Gasteiger charge is 2.25. The highest BCUT2D eigenvalue weighted by Crippen LogP contribution is 2.11. The van der Waals surface area contributed by atoms with Crippen LogP contribution in [-0.2, 0) is 11.3 Å². The first-order valence-electron chi connectivity index (χ1n) is 9.98. The summed E-state index contributed by atoms with van der Waals surface area (Å²) >= 11 is 0. The van der Waals surface area contributed by atoms with Gasteiger partial charge in [-0.15, -0.1) is 0 Å². The Morgan fingerprint density at radius 1 is 1.14 bits per heavy atom.